The van der Waals surface area contributed by atoms with E-state index in [1.165, 1.54) is 5.70 Å². The Morgan fingerprint density at radius 1 is 1.29 bits per heavy atom. The maximum atomic E-state index is 6.07. The molecule has 2 N–H and O–H groups in total. The van der Waals surface area contributed by atoms with E-state index in [-0.39, 0.29) is 0 Å². The molecule has 3 nitrogen and oxygen atoms in total. The molecule has 5 atom stereocenters. The molecule has 2 aliphatic rings. The van der Waals surface area contributed by atoms with E-state index < -0.39 is 0 Å². The third kappa shape index (κ3) is 2.66. The summed E-state index contributed by atoms with van der Waals surface area (Å²) in [6.45, 7) is 9.87. The lowest BCUT2D eigenvalue weighted by Gasteiger charge is -2.45. The molecule has 1 aliphatic carbocycles. The van der Waals surface area contributed by atoms with Gasteiger partial charge in [-0.3, -0.25) is 0 Å². The minimum Gasteiger partial charge on any atom is -0.372 e. The number of hydrogen-bond donors (Lipinski definition) is 1. The highest BCUT2D eigenvalue weighted by molar-refractivity contribution is 5.11. The first-order chi connectivity index (χ1) is 7.99. The van der Waals surface area contributed by atoms with Gasteiger partial charge in [0.15, 0.2) is 0 Å². The molecule has 1 heterocycles. The van der Waals surface area contributed by atoms with Crippen LogP contribution in [0.2, 0.25) is 0 Å². The van der Waals surface area contributed by atoms with Crippen molar-refractivity contribution in [2.24, 2.45) is 11.7 Å². The maximum absolute atomic E-state index is 6.07. The zero-order chi connectivity index (χ0) is 12.6. The predicted octanol–water partition coefficient (Wildman–Crippen LogP) is 2.13. The van der Waals surface area contributed by atoms with Crippen LogP contribution < -0.4 is 5.73 Å². The van der Waals surface area contributed by atoms with Crippen LogP contribution in [0.25, 0.3) is 0 Å². The molecule has 1 fully saturated rings. The molecule has 0 spiro atoms. The number of ether oxygens (including phenoxy) is 1. The lowest BCUT2D eigenvalue weighted by atomic mass is 9.88. The zero-order valence-corrected chi connectivity index (χ0v) is 11.5. The van der Waals surface area contributed by atoms with Gasteiger partial charge in [-0.15, -0.1) is 0 Å². The predicted molar refractivity (Wildman–Crippen MR) is 70.6 cm³/mol. The molecule has 0 saturated carbocycles. The van der Waals surface area contributed by atoms with Gasteiger partial charge in [-0.25, -0.2) is 0 Å². The van der Waals surface area contributed by atoms with Crippen LogP contribution in [0, 0.1) is 5.92 Å². The third-order valence-electron chi connectivity index (χ3n) is 4.33. The van der Waals surface area contributed by atoms with E-state index in [4.69, 9.17) is 10.5 Å². The van der Waals surface area contributed by atoms with Crippen LogP contribution in [0.1, 0.15) is 40.5 Å². The Kier molecular flexibility index (Phi) is 3.79. The minimum atomic E-state index is 0.311. The highest BCUT2D eigenvalue weighted by atomic mass is 16.5. The fourth-order valence-electron chi connectivity index (χ4n) is 2.90. The SMILES string of the molecule is CC1CN(C2=CCC(N)C(C)C2)C(C)C(C)O1. The van der Waals surface area contributed by atoms with Crippen LogP contribution in [0.3, 0.4) is 0 Å². The van der Waals surface area contributed by atoms with Gasteiger partial charge in [0.1, 0.15) is 0 Å². The second kappa shape index (κ2) is 4.99. The Morgan fingerprint density at radius 2 is 2.00 bits per heavy atom. The maximum Gasteiger partial charge on any atom is 0.0751 e. The fraction of sp³-hybridized carbons (Fsp3) is 0.857. The van der Waals surface area contributed by atoms with Crippen LogP contribution in [0.5, 0.6) is 0 Å². The number of hydrogen-bond acceptors (Lipinski definition) is 3. The molecule has 0 radical (unpaired) electrons. The Hall–Kier alpha value is -0.540. The Balaban J connectivity index is 2.10. The van der Waals surface area contributed by atoms with Crippen molar-refractivity contribution in [2.45, 2.75) is 64.8 Å². The van der Waals surface area contributed by atoms with E-state index in [9.17, 15) is 0 Å². The molecule has 1 saturated heterocycles. The zero-order valence-electron chi connectivity index (χ0n) is 11.5. The molecular weight excluding hydrogens is 212 g/mol. The number of rotatable bonds is 1. The third-order valence-corrected chi connectivity index (χ3v) is 4.33. The van der Waals surface area contributed by atoms with E-state index in [1.54, 1.807) is 0 Å². The highest BCUT2D eigenvalue weighted by Crippen LogP contribution is 2.30. The van der Waals surface area contributed by atoms with Gasteiger partial charge in [-0.05, 0) is 39.5 Å². The fourth-order valence-corrected chi connectivity index (χ4v) is 2.90. The molecule has 0 bridgehead atoms. The van der Waals surface area contributed by atoms with Crippen LogP contribution >= 0.6 is 0 Å². The van der Waals surface area contributed by atoms with Gasteiger partial charge in [0.2, 0.25) is 0 Å². The second-order valence-corrected chi connectivity index (χ2v) is 5.82. The monoisotopic (exact) mass is 238 g/mol. The van der Waals surface area contributed by atoms with Gasteiger partial charge in [0.05, 0.1) is 18.2 Å². The van der Waals surface area contributed by atoms with Crippen LogP contribution in [-0.4, -0.2) is 35.7 Å². The van der Waals surface area contributed by atoms with Crippen LogP contribution in [-0.2, 0) is 4.74 Å². The van der Waals surface area contributed by atoms with Gasteiger partial charge in [0, 0.05) is 18.3 Å². The van der Waals surface area contributed by atoms with E-state index >= 15 is 0 Å². The summed E-state index contributed by atoms with van der Waals surface area (Å²) in [5.41, 5.74) is 7.55. The van der Waals surface area contributed by atoms with Crippen LogP contribution in [0.4, 0.5) is 0 Å². The molecule has 0 amide bonds. The van der Waals surface area contributed by atoms with Crippen molar-refractivity contribution in [3.05, 3.63) is 11.8 Å². The first-order valence-electron chi connectivity index (χ1n) is 6.85. The molecule has 1 aliphatic heterocycles. The molecule has 17 heavy (non-hydrogen) atoms. The lowest BCUT2D eigenvalue weighted by Crippen LogP contribution is -2.52. The molecule has 0 aromatic carbocycles. The van der Waals surface area contributed by atoms with E-state index in [1.807, 2.05) is 0 Å². The van der Waals surface area contributed by atoms with Crippen molar-refractivity contribution in [3.63, 3.8) is 0 Å². The summed E-state index contributed by atoms with van der Waals surface area (Å²) in [7, 11) is 0. The van der Waals surface area contributed by atoms with Gasteiger partial charge in [-0.1, -0.05) is 13.0 Å². The summed E-state index contributed by atoms with van der Waals surface area (Å²) >= 11 is 0. The van der Waals surface area contributed by atoms with Gasteiger partial charge in [-0.2, -0.15) is 0 Å². The van der Waals surface area contributed by atoms with Crippen LogP contribution in [0.15, 0.2) is 11.8 Å². The molecule has 3 heteroatoms. The summed E-state index contributed by atoms with van der Waals surface area (Å²) < 4.78 is 5.87. The standard InChI is InChI=1S/C14H26N2O/c1-9-7-13(5-6-14(9)15)16-8-10(2)17-12(4)11(16)3/h5,9-12,14H,6-8,15H2,1-4H3. The van der Waals surface area contributed by atoms with Gasteiger partial charge in [0.25, 0.3) is 0 Å². The summed E-state index contributed by atoms with van der Waals surface area (Å²) in [5, 5.41) is 0. The molecule has 0 aromatic heterocycles. The largest absolute Gasteiger partial charge is 0.372 e. The number of nitrogens with zero attached hydrogens (tertiary/aromatic N) is 1. The topological polar surface area (TPSA) is 38.5 Å². The molecule has 2 rings (SSSR count). The minimum absolute atomic E-state index is 0.311. The highest BCUT2D eigenvalue weighted by Gasteiger charge is 2.32. The van der Waals surface area contributed by atoms with Crippen molar-refractivity contribution < 1.29 is 4.74 Å². The van der Waals surface area contributed by atoms with Crippen molar-refractivity contribution in [3.8, 4) is 0 Å². The Bertz CT molecular complexity index is 303. The van der Waals surface area contributed by atoms with Crippen molar-refractivity contribution in [1.29, 1.82) is 0 Å². The van der Waals surface area contributed by atoms with Crippen molar-refractivity contribution in [2.75, 3.05) is 6.54 Å². The average molecular weight is 238 g/mol. The summed E-state index contributed by atoms with van der Waals surface area (Å²) in [6, 6.07) is 0.809. The average Bonchev–Trinajstić information content (AvgIpc) is 2.27. The molecule has 98 valence electrons. The summed E-state index contributed by atoms with van der Waals surface area (Å²) in [6.07, 6.45) is 5.11. The Labute approximate surface area is 105 Å². The molecule has 0 aromatic rings. The summed E-state index contributed by atoms with van der Waals surface area (Å²) in [5.74, 6) is 0.593. The normalized spacial score (nSPS) is 43.5. The smallest absolute Gasteiger partial charge is 0.0751 e. The molecule has 5 unspecified atom stereocenters. The Morgan fingerprint density at radius 3 is 2.65 bits per heavy atom. The van der Waals surface area contributed by atoms with Gasteiger partial charge < -0.3 is 15.4 Å². The first kappa shape index (κ1) is 12.9. The molecular formula is C14H26N2O. The second-order valence-electron chi connectivity index (χ2n) is 5.82. The van der Waals surface area contributed by atoms with Crippen molar-refractivity contribution in [1.82, 2.24) is 4.90 Å². The summed E-state index contributed by atoms with van der Waals surface area (Å²) in [4.78, 5) is 2.53. The van der Waals surface area contributed by atoms with E-state index in [0.29, 0.717) is 30.2 Å². The first-order valence-corrected chi connectivity index (χ1v) is 6.85. The number of allylic oxidation sites excluding steroid dienone is 1. The number of nitrogens with two attached hydrogens (primary N) is 1. The number of morpholine rings is 1. The van der Waals surface area contributed by atoms with E-state index in [2.05, 4.69) is 38.7 Å². The van der Waals surface area contributed by atoms with Gasteiger partial charge >= 0.3 is 0 Å². The quantitative estimate of drug-likeness (QED) is 0.760. The lowest BCUT2D eigenvalue weighted by molar-refractivity contribution is -0.0895. The van der Waals surface area contributed by atoms with Crippen molar-refractivity contribution >= 4 is 0 Å². The van der Waals surface area contributed by atoms with E-state index in [0.717, 1.165) is 19.4 Å².